The third-order valence-electron chi connectivity index (χ3n) is 5.41. The van der Waals surface area contributed by atoms with Gasteiger partial charge >= 0.3 is 0 Å². The number of likely N-dealkylation sites (N-methyl/N-ethyl adjacent to an activating group) is 1. The van der Waals surface area contributed by atoms with Gasteiger partial charge in [-0.2, -0.15) is 0 Å². The van der Waals surface area contributed by atoms with Crippen LogP contribution in [0.5, 0.6) is 0 Å². The molecule has 0 aliphatic carbocycles. The molecule has 144 valence electrons. The number of aliphatic hydroxyl groups excluding tert-OH is 1. The van der Waals surface area contributed by atoms with E-state index in [9.17, 15) is 14.3 Å². The molecular formula is C22H27FN2O2. The summed E-state index contributed by atoms with van der Waals surface area (Å²) in [5.41, 5.74) is 3.06. The van der Waals surface area contributed by atoms with E-state index in [1.807, 2.05) is 42.3 Å². The fourth-order valence-corrected chi connectivity index (χ4v) is 3.61. The minimum Gasteiger partial charge on any atom is -0.396 e. The first kappa shape index (κ1) is 19.5. The van der Waals surface area contributed by atoms with E-state index >= 15 is 0 Å². The summed E-state index contributed by atoms with van der Waals surface area (Å²) in [6.07, 6.45) is 1.18. The highest BCUT2D eigenvalue weighted by Crippen LogP contribution is 2.20. The molecule has 1 unspecified atom stereocenters. The lowest BCUT2D eigenvalue weighted by Crippen LogP contribution is -2.53. The Kier molecular flexibility index (Phi) is 6.24. The van der Waals surface area contributed by atoms with Crippen LogP contribution in [-0.2, 0) is 6.42 Å². The van der Waals surface area contributed by atoms with Crippen molar-refractivity contribution in [1.29, 1.82) is 0 Å². The molecule has 1 saturated heterocycles. The largest absolute Gasteiger partial charge is 0.396 e. The van der Waals surface area contributed by atoms with Gasteiger partial charge in [-0.25, -0.2) is 4.39 Å². The Hall–Kier alpha value is -2.24. The average molecular weight is 370 g/mol. The standard InChI is InChI=1S/C22H27FN2O2/c1-16-7-8-17(14-21(16)23)13-18-5-3-4-6-20(18)22(27)25-11-10-24(2)19(15-25)9-12-26/h3-8,14,19,26H,9-13,15H2,1-2H3. The van der Waals surface area contributed by atoms with Gasteiger partial charge in [-0.05, 0) is 55.6 Å². The van der Waals surface area contributed by atoms with Gasteiger partial charge in [-0.3, -0.25) is 9.69 Å². The second-order valence-electron chi connectivity index (χ2n) is 7.32. The molecule has 1 heterocycles. The number of benzene rings is 2. The van der Waals surface area contributed by atoms with Gasteiger partial charge in [-0.15, -0.1) is 0 Å². The summed E-state index contributed by atoms with van der Waals surface area (Å²) in [6, 6.07) is 13.0. The molecule has 5 heteroatoms. The van der Waals surface area contributed by atoms with Crippen LogP contribution in [0.1, 0.15) is 33.5 Å². The van der Waals surface area contributed by atoms with Gasteiger partial charge in [-0.1, -0.05) is 30.3 Å². The molecule has 1 N–H and O–H groups in total. The summed E-state index contributed by atoms with van der Waals surface area (Å²) in [4.78, 5) is 17.2. The van der Waals surface area contributed by atoms with Gasteiger partial charge in [0.15, 0.2) is 0 Å². The van der Waals surface area contributed by atoms with Crippen molar-refractivity contribution in [3.63, 3.8) is 0 Å². The number of carbonyl (C=O) groups excluding carboxylic acids is 1. The van der Waals surface area contributed by atoms with Crippen LogP contribution in [0, 0.1) is 12.7 Å². The molecule has 1 aliphatic heterocycles. The SMILES string of the molecule is Cc1ccc(Cc2ccccc2C(=O)N2CCN(C)C(CCO)C2)cc1F. The predicted octanol–water partition coefficient (Wildman–Crippen LogP) is 2.86. The Morgan fingerprint density at radius 3 is 2.74 bits per heavy atom. The molecule has 1 fully saturated rings. The predicted molar refractivity (Wildman–Crippen MR) is 104 cm³/mol. The molecule has 0 saturated carbocycles. The minimum atomic E-state index is -0.220. The Bertz CT molecular complexity index is 809. The Labute approximate surface area is 160 Å². The fourth-order valence-electron chi connectivity index (χ4n) is 3.61. The number of nitrogens with zero attached hydrogens (tertiary/aromatic N) is 2. The maximum absolute atomic E-state index is 13.9. The molecule has 1 atom stereocenters. The third kappa shape index (κ3) is 4.54. The number of carbonyl (C=O) groups is 1. The van der Waals surface area contributed by atoms with Gasteiger partial charge < -0.3 is 10.0 Å². The van der Waals surface area contributed by atoms with E-state index < -0.39 is 0 Å². The first-order chi connectivity index (χ1) is 13.0. The zero-order valence-electron chi connectivity index (χ0n) is 16.0. The van der Waals surface area contributed by atoms with Gasteiger partial charge in [0, 0.05) is 37.8 Å². The first-order valence-corrected chi connectivity index (χ1v) is 9.43. The van der Waals surface area contributed by atoms with Crippen LogP contribution in [0.2, 0.25) is 0 Å². The zero-order valence-corrected chi connectivity index (χ0v) is 16.0. The highest BCUT2D eigenvalue weighted by atomic mass is 19.1. The van der Waals surface area contributed by atoms with E-state index in [1.165, 1.54) is 0 Å². The van der Waals surface area contributed by atoms with Crippen molar-refractivity contribution in [2.24, 2.45) is 0 Å². The molecule has 1 aliphatic rings. The summed E-state index contributed by atoms with van der Waals surface area (Å²) in [5, 5.41) is 9.27. The topological polar surface area (TPSA) is 43.8 Å². The molecule has 0 radical (unpaired) electrons. The van der Waals surface area contributed by atoms with Gasteiger partial charge in [0.25, 0.3) is 5.91 Å². The number of aryl methyl sites for hydroxylation is 1. The number of hydrogen-bond acceptors (Lipinski definition) is 3. The van der Waals surface area contributed by atoms with Crippen LogP contribution < -0.4 is 0 Å². The highest BCUT2D eigenvalue weighted by Gasteiger charge is 2.28. The maximum atomic E-state index is 13.9. The molecule has 4 nitrogen and oxygen atoms in total. The summed E-state index contributed by atoms with van der Waals surface area (Å²) in [5.74, 6) is -0.212. The normalized spacial score (nSPS) is 17.9. The van der Waals surface area contributed by atoms with Crippen molar-refractivity contribution < 1.29 is 14.3 Å². The number of aliphatic hydroxyl groups is 1. The summed E-state index contributed by atoms with van der Waals surface area (Å²) in [6.45, 7) is 3.94. The summed E-state index contributed by atoms with van der Waals surface area (Å²) < 4.78 is 13.9. The van der Waals surface area contributed by atoms with Crippen LogP contribution in [-0.4, -0.2) is 60.1 Å². The van der Waals surface area contributed by atoms with Crippen molar-refractivity contribution in [3.05, 3.63) is 70.5 Å². The number of rotatable bonds is 5. The van der Waals surface area contributed by atoms with E-state index in [4.69, 9.17) is 0 Å². The van der Waals surface area contributed by atoms with Crippen molar-refractivity contribution >= 4 is 5.91 Å². The van der Waals surface area contributed by atoms with Crippen LogP contribution in [0.15, 0.2) is 42.5 Å². The van der Waals surface area contributed by atoms with E-state index in [0.29, 0.717) is 37.1 Å². The average Bonchev–Trinajstić information content (AvgIpc) is 2.66. The van der Waals surface area contributed by atoms with E-state index in [1.54, 1.807) is 19.1 Å². The number of hydrogen-bond donors (Lipinski definition) is 1. The second-order valence-corrected chi connectivity index (χ2v) is 7.32. The van der Waals surface area contributed by atoms with E-state index in [2.05, 4.69) is 4.90 Å². The summed E-state index contributed by atoms with van der Waals surface area (Å²) in [7, 11) is 2.03. The van der Waals surface area contributed by atoms with Crippen LogP contribution >= 0.6 is 0 Å². The lowest BCUT2D eigenvalue weighted by molar-refractivity contribution is 0.0500. The molecule has 0 spiro atoms. The molecule has 0 aromatic heterocycles. The zero-order chi connectivity index (χ0) is 19.4. The first-order valence-electron chi connectivity index (χ1n) is 9.43. The number of amides is 1. The van der Waals surface area contributed by atoms with Gasteiger partial charge in [0.2, 0.25) is 0 Å². The molecule has 1 amide bonds. The Balaban J connectivity index is 1.80. The minimum absolute atomic E-state index is 0.00854. The van der Waals surface area contributed by atoms with E-state index in [-0.39, 0.29) is 24.4 Å². The highest BCUT2D eigenvalue weighted by molar-refractivity contribution is 5.96. The fraction of sp³-hybridized carbons (Fsp3) is 0.409. The smallest absolute Gasteiger partial charge is 0.254 e. The lowest BCUT2D eigenvalue weighted by Gasteiger charge is -2.39. The van der Waals surface area contributed by atoms with Crippen molar-refractivity contribution in [1.82, 2.24) is 9.80 Å². The van der Waals surface area contributed by atoms with Crippen molar-refractivity contribution in [2.45, 2.75) is 25.8 Å². The molecular weight excluding hydrogens is 343 g/mol. The Morgan fingerprint density at radius 1 is 1.22 bits per heavy atom. The molecule has 2 aromatic rings. The third-order valence-corrected chi connectivity index (χ3v) is 5.41. The molecule has 27 heavy (non-hydrogen) atoms. The van der Waals surface area contributed by atoms with Gasteiger partial charge in [0.05, 0.1) is 0 Å². The van der Waals surface area contributed by atoms with Crippen molar-refractivity contribution in [3.8, 4) is 0 Å². The Morgan fingerprint density at radius 2 is 2.00 bits per heavy atom. The lowest BCUT2D eigenvalue weighted by atomic mass is 9.97. The monoisotopic (exact) mass is 370 g/mol. The van der Waals surface area contributed by atoms with Crippen LogP contribution in [0.3, 0.4) is 0 Å². The van der Waals surface area contributed by atoms with Crippen LogP contribution in [0.25, 0.3) is 0 Å². The molecule has 2 aromatic carbocycles. The molecule has 3 rings (SSSR count). The number of halogens is 1. The number of piperazine rings is 1. The maximum Gasteiger partial charge on any atom is 0.254 e. The molecule has 0 bridgehead atoms. The van der Waals surface area contributed by atoms with E-state index in [0.717, 1.165) is 17.7 Å². The van der Waals surface area contributed by atoms with Crippen molar-refractivity contribution in [2.75, 3.05) is 33.3 Å². The second kappa shape index (κ2) is 8.63. The van der Waals surface area contributed by atoms with Crippen LogP contribution in [0.4, 0.5) is 4.39 Å². The summed E-state index contributed by atoms with van der Waals surface area (Å²) >= 11 is 0. The van der Waals surface area contributed by atoms with Gasteiger partial charge in [0.1, 0.15) is 5.82 Å². The quantitative estimate of drug-likeness (QED) is 0.880.